The second-order valence-corrected chi connectivity index (χ2v) is 1.80. The Bertz CT molecular complexity index is 156. The van der Waals surface area contributed by atoms with Gasteiger partial charge in [-0.2, -0.15) is 5.10 Å². The van der Waals surface area contributed by atoms with Gasteiger partial charge in [-0.15, -0.1) is 0 Å². The van der Waals surface area contributed by atoms with E-state index >= 15 is 0 Å². The van der Waals surface area contributed by atoms with E-state index in [1.54, 1.807) is 6.21 Å². The van der Waals surface area contributed by atoms with Crippen molar-refractivity contribution in [1.29, 1.82) is 0 Å². The van der Waals surface area contributed by atoms with Gasteiger partial charge in [-0.1, -0.05) is 12.2 Å². The summed E-state index contributed by atoms with van der Waals surface area (Å²) in [5.41, 5.74) is 0. The van der Waals surface area contributed by atoms with Gasteiger partial charge in [-0.3, -0.25) is 5.01 Å². The van der Waals surface area contributed by atoms with Crippen molar-refractivity contribution in [2.45, 2.75) is 6.92 Å². The van der Waals surface area contributed by atoms with Crippen LogP contribution in [0.25, 0.3) is 0 Å². The average Bonchev–Trinajstić information content (AvgIpc) is 1.91. The smallest absolute Gasteiger partial charge is 0.0593 e. The molecular weight excluding hydrogens is 112 g/mol. The van der Waals surface area contributed by atoms with Crippen molar-refractivity contribution in [2.24, 2.45) is 5.10 Å². The van der Waals surface area contributed by atoms with Gasteiger partial charge in [0, 0.05) is 12.4 Å². The monoisotopic (exact) mass is 122 g/mol. The van der Waals surface area contributed by atoms with E-state index in [9.17, 15) is 0 Å². The molecule has 0 N–H and O–H groups in total. The molecule has 0 aromatic rings. The van der Waals surface area contributed by atoms with Crippen molar-refractivity contribution in [3.8, 4) is 0 Å². The molecule has 0 aromatic heterocycles. The molecule has 0 atom stereocenters. The molecule has 0 bridgehead atoms. The SMILES string of the molecule is C/C=C\N1CC=CC=N1. The van der Waals surface area contributed by atoms with Crippen LogP contribution in [-0.2, 0) is 0 Å². The Labute approximate surface area is 55.2 Å². The molecule has 9 heavy (non-hydrogen) atoms. The number of nitrogens with zero attached hydrogens (tertiary/aromatic N) is 2. The van der Waals surface area contributed by atoms with E-state index in [0.29, 0.717) is 0 Å². The number of rotatable bonds is 1. The van der Waals surface area contributed by atoms with Gasteiger partial charge in [0.05, 0.1) is 6.54 Å². The molecule has 1 rings (SSSR count). The minimum absolute atomic E-state index is 0.890. The molecule has 0 saturated carbocycles. The van der Waals surface area contributed by atoms with Gasteiger partial charge >= 0.3 is 0 Å². The number of hydrogen-bond acceptors (Lipinski definition) is 2. The number of allylic oxidation sites excluding steroid dienone is 2. The quantitative estimate of drug-likeness (QED) is 0.513. The van der Waals surface area contributed by atoms with E-state index < -0.39 is 0 Å². The van der Waals surface area contributed by atoms with Gasteiger partial charge in [-0.05, 0) is 13.0 Å². The molecule has 2 heteroatoms. The Kier molecular flexibility index (Phi) is 2.07. The topological polar surface area (TPSA) is 15.6 Å². The predicted octanol–water partition coefficient (Wildman–Crippen LogP) is 1.38. The lowest BCUT2D eigenvalue weighted by molar-refractivity contribution is 0.442. The lowest BCUT2D eigenvalue weighted by Gasteiger charge is -2.12. The van der Waals surface area contributed by atoms with E-state index in [4.69, 9.17) is 0 Å². The highest BCUT2D eigenvalue weighted by Gasteiger charge is 1.91. The summed E-state index contributed by atoms with van der Waals surface area (Å²) >= 11 is 0. The molecule has 0 saturated heterocycles. The van der Waals surface area contributed by atoms with Crippen LogP contribution < -0.4 is 0 Å². The Morgan fingerprint density at radius 2 is 2.56 bits per heavy atom. The molecule has 0 unspecified atom stereocenters. The third-order valence-electron chi connectivity index (χ3n) is 1.05. The molecule has 0 aliphatic carbocycles. The molecule has 2 nitrogen and oxygen atoms in total. The van der Waals surface area contributed by atoms with Crippen LogP contribution in [0, 0.1) is 0 Å². The maximum Gasteiger partial charge on any atom is 0.0593 e. The minimum atomic E-state index is 0.890. The third kappa shape index (κ3) is 1.72. The fraction of sp³-hybridized carbons (Fsp3) is 0.286. The summed E-state index contributed by atoms with van der Waals surface area (Å²) < 4.78 is 0. The average molecular weight is 122 g/mol. The summed E-state index contributed by atoms with van der Waals surface area (Å²) in [6.07, 6.45) is 9.70. The van der Waals surface area contributed by atoms with Crippen LogP contribution in [0.2, 0.25) is 0 Å². The van der Waals surface area contributed by atoms with Crippen molar-refractivity contribution in [1.82, 2.24) is 5.01 Å². The van der Waals surface area contributed by atoms with Crippen molar-refractivity contribution in [3.63, 3.8) is 0 Å². The standard InChI is InChI=1S/C7H10N2/c1-2-6-9-7-4-3-5-8-9/h2-6H,7H2,1H3/b6-2-. The fourth-order valence-corrected chi connectivity index (χ4v) is 0.672. The molecule has 1 aliphatic rings. The highest BCUT2D eigenvalue weighted by molar-refractivity contribution is 5.71. The summed E-state index contributed by atoms with van der Waals surface area (Å²) in [7, 11) is 0. The zero-order valence-electron chi connectivity index (χ0n) is 5.49. The minimum Gasteiger partial charge on any atom is -0.269 e. The molecule has 0 radical (unpaired) electrons. The van der Waals surface area contributed by atoms with Crippen LogP contribution in [0.15, 0.2) is 29.5 Å². The first kappa shape index (κ1) is 6.08. The van der Waals surface area contributed by atoms with E-state index in [1.165, 1.54) is 0 Å². The van der Waals surface area contributed by atoms with Crippen molar-refractivity contribution in [3.05, 3.63) is 24.4 Å². The predicted molar refractivity (Wildman–Crippen MR) is 39.2 cm³/mol. The Morgan fingerprint density at radius 1 is 1.67 bits per heavy atom. The first-order chi connectivity index (χ1) is 4.43. The van der Waals surface area contributed by atoms with E-state index in [0.717, 1.165) is 6.54 Å². The molecule has 0 fully saturated rings. The molecule has 0 amide bonds. The zero-order valence-corrected chi connectivity index (χ0v) is 5.49. The van der Waals surface area contributed by atoms with Gasteiger partial charge < -0.3 is 0 Å². The van der Waals surface area contributed by atoms with Crippen molar-refractivity contribution in [2.75, 3.05) is 6.54 Å². The Balaban J connectivity index is 2.46. The Morgan fingerprint density at radius 3 is 3.11 bits per heavy atom. The second kappa shape index (κ2) is 3.07. The number of hydrazone groups is 1. The highest BCUT2D eigenvalue weighted by Crippen LogP contribution is 1.94. The lowest BCUT2D eigenvalue weighted by Crippen LogP contribution is -2.11. The molecule has 0 spiro atoms. The highest BCUT2D eigenvalue weighted by atomic mass is 15.4. The van der Waals surface area contributed by atoms with Gasteiger partial charge in [0.15, 0.2) is 0 Å². The first-order valence-electron chi connectivity index (χ1n) is 3.02. The number of hydrogen-bond donors (Lipinski definition) is 0. The summed E-state index contributed by atoms with van der Waals surface area (Å²) in [6.45, 7) is 2.87. The van der Waals surface area contributed by atoms with Crippen LogP contribution in [0.3, 0.4) is 0 Å². The van der Waals surface area contributed by atoms with Crippen molar-refractivity contribution >= 4 is 6.21 Å². The lowest BCUT2D eigenvalue weighted by atomic mass is 10.4. The van der Waals surface area contributed by atoms with Gasteiger partial charge in [-0.25, -0.2) is 0 Å². The first-order valence-corrected chi connectivity index (χ1v) is 3.02. The van der Waals surface area contributed by atoms with Gasteiger partial charge in [0.25, 0.3) is 0 Å². The molecule has 1 aliphatic heterocycles. The summed E-state index contributed by atoms with van der Waals surface area (Å²) in [4.78, 5) is 0. The summed E-state index contributed by atoms with van der Waals surface area (Å²) in [5.74, 6) is 0. The molecular formula is C7H10N2. The van der Waals surface area contributed by atoms with Crippen LogP contribution in [0.5, 0.6) is 0 Å². The third-order valence-corrected chi connectivity index (χ3v) is 1.05. The van der Waals surface area contributed by atoms with Crippen LogP contribution in [0.4, 0.5) is 0 Å². The fourth-order valence-electron chi connectivity index (χ4n) is 0.672. The maximum absolute atomic E-state index is 4.05. The van der Waals surface area contributed by atoms with Crippen LogP contribution in [-0.4, -0.2) is 17.8 Å². The van der Waals surface area contributed by atoms with Gasteiger partial charge in [0.1, 0.15) is 0 Å². The Hall–Kier alpha value is -1.05. The normalized spacial score (nSPS) is 17.7. The largest absolute Gasteiger partial charge is 0.269 e. The van der Waals surface area contributed by atoms with Crippen molar-refractivity contribution < 1.29 is 0 Å². The van der Waals surface area contributed by atoms with Crippen LogP contribution in [0.1, 0.15) is 6.92 Å². The summed E-state index contributed by atoms with van der Waals surface area (Å²) in [6, 6.07) is 0. The molecule has 1 heterocycles. The molecule has 48 valence electrons. The van der Waals surface area contributed by atoms with E-state index in [1.807, 2.05) is 30.3 Å². The maximum atomic E-state index is 4.05. The summed E-state index contributed by atoms with van der Waals surface area (Å²) in [5, 5.41) is 5.93. The van der Waals surface area contributed by atoms with E-state index in [-0.39, 0.29) is 0 Å². The van der Waals surface area contributed by atoms with Crippen LogP contribution >= 0.6 is 0 Å². The van der Waals surface area contributed by atoms with E-state index in [2.05, 4.69) is 11.2 Å². The second-order valence-electron chi connectivity index (χ2n) is 1.80. The van der Waals surface area contributed by atoms with Gasteiger partial charge in [0.2, 0.25) is 0 Å². The zero-order chi connectivity index (χ0) is 6.53. The molecule has 0 aromatic carbocycles.